The van der Waals surface area contributed by atoms with Crippen LogP contribution >= 0.6 is 0 Å². The van der Waals surface area contributed by atoms with Crippen molar-refractivity contribution in [2.45, 2.75) is 44.9 Å². The highest BCUT2D eigenvalue weighted by atomic mass is 16.5. The summed E-state index contributed by atoms with van der Waals surface area (Å²) in [6.45, 7) is 2.23. The maximum absolute atomic E-state index is 5.25. The molecule has 0 fully saturated rings. The van der Waals surface area contributed by atoms with Crippen molar-refractivity contribution in [1.29, 1.82) is 0 Å². The van der Waals surface area contributed by atoms with Gasteiger partial charge in [0, 0.05) is 11.5 Å². The Labute approximate surface area is 72.9 Å². The molecule has 1 aliphatic rings. The number of hydrogen-bond donors (Lipinski definition) is 0. The number of hydrogen-bond acceptors (Lipinski definition) is 2. The van der Waals surface area contributed by atoms with Crippen LogP contribution in [0.1, 0.15) is 49.8 Å². The van der Waals surface area contributed by atoms with Crippen molar-refractivity contribution in [2.24, 2.45) is 0 Å². The van der Waals surface area contributed by atoms with Gasteiger partial charge < -0.3 is 4.52 Å². The standard InChI is InChI=1S/C10H15NO/c1-8-5-3-2-4-6-9-7-11-12-10(8)9/h7-8H,2-6H2,1H3/t8-/m0/s1. The topological polar surface area (TPSA) is 26.0 Å². The molecule has 1 aliphatic carbocycles. The van der Waals surface area contributed by atoms with E-state index in [1.54, 1.807) is 0 Å². The van der Waals surface area contributed by atoms with Gasteiger partial charge in [-0.3, -0.25) is 0 Å². The summed E-state index contributed by atoms with van der Waals surface area (Å²) >= 11 is 0. The summed E-state index contributed by atoms with van der Waals surface area (Å²) in [5, 5.41) is 3.86. The van der Waals surface area contributed by atoms with Crippen LogP contribution in [0.25, 0.3) is 0 Å². The Kier molecular flexibility index (Phi) is 2.15. The zero-order chi connectivity index (χ0) is 8.39. The van der Waals surface area contributed by atoms with E-state index in [9.17, 15) is 0 Å². The van der Waals surface area contributed by atoms with E-state index in [0.29, 0.717) is 5.92 Å². The van der Waals surface area contributed by atoms with E-state index in [1.807, 2.05) is 6.20 Å². The van der Waals surface area contributed by atoms with E-state index in [-0.39, 0.29) is 0 Å². The molecule has 2 nitrogen and oxygen atoms in total. The second kappa shape index (κ2) is 3.30. The Bertz CT molecular complexity index is 254. The highest BCUT2D eigenvalue weighted by Gasteiger charge is 2.17. The zero-order valence-corrected chi connectivity index (χ0v) is 7.55. The maximum Gasteiger partial charge on any atom is 0.142 e. The van der Waals surface area contributed by atoms with Gasteiger partial charge in [0.05, 0.1) is 6.20 Å². The average molecular weight is 165 g/mol. The molecule has 2 heteroatoms. The fraction of sp³-hybridized carbons (Fsp3) is 0.700. The molecule has 12 heavy (non-hydrogen) atoms. The Hall–Kier alpha value is -0.790. The predicted octanol–water partition coefficient (Wildman–Crippen LogP) is 2.89. The van der Waals surface area contributed by atoms with Crippen LogP contribution in [0, 0.1) is 0 Å². The van der Waals surface area contributed by atoms with Crippen LogP contribution in [0.4, 0.5) is 0 Å². The highest BCUT2D eigenvalue weighted by molar-refractivity contribution is 5.17. The van der Waals surface area contributed by atoms with E-state index >= 15 is 0 Å². The lowest BCUT2D eigenvalue weighted by Gasteiger charge is -2.12. The van der Waals surface area contributed by atoms with Crippen LogP contribution in [0.15, 0.2) is 10.7 Å². The second-order valence-corrected chi connectivity index (χ2v) is 3.72. The molecule has 1 heterocycles. The van der Waals surface area contributed by atoms with Gasteiger partial charge in [0.1, 0.15) is 5.76 Å². The zero-order valence-electron chi connectivity index (χ0n) is 7.55. The molecule has 0 radical (unpaired) electrons. The third-order valence-corrected chi connectivity index (χ3v) is 2.71. The molecule has 0 spiro atoms. The molecule has 0 aliphatic heterocycles. The molecule has 0 amide bonds. The van der Waals surface area contributed by atoms with Crippen LogP contribution in [0.2, 0.25) is 0 Å². The van der Waals surface area contributed by atoms with Crippen molar-refractivity contribution in [1.82, 2.24) is 5.16 Å². The summed E-state index contributed by atoms with van der Waals surface area (Å²) in [5.74, 6) is 1.71. The Balaban J connectivity index is 2.25. The van der Waals surface area contributed by atoms with E-state index in [2.05, 4.69) is 12.1 Å². The monoisotopic (exact) mass is 165 g/mol. The molecule has 0 unspecified atom stereocenters. The second-order valence-electron chi connectivity index (χ2n) is 3.72. The minimum atomic E-state index is 0.572. The summed E-state index contributed by atoms with van der Waals surface area (Å²) in [7, 11) is 0. The van der Waals surface area contributed by atoms with E-state index in [1.165, 1.54) is 31.2 Å². The summed E-state index contributed by atoms with van der Waals surface area (Å²) in [5.41, 5.74) is 1.34. The third-order valence-electron chi connectivity index (χ3n) is 2.71. The van der Waals surface area contributed by atoms with Gasteiger partial charge >= 0.3 is 0 Å². The first-order chi connectivity index (χ1) is 5.88. The van der Waals surface area contributed by atoms with Crippen molar-refractivity contribution in [2.75, 3.05) is 0 Å². The average Bonchev–Trinajstić information content (AvgIpc) is 2.47. The van der Waals surface area contributed by atoms with Gasteiger partial charge in [-0.1, -0.05) is 24.9 Å². The number of aryl methyl sites for hydroxylation is 1. The molecule has 1 aromatic rings. The number of rotatable bonds is 0. The SMILES string of the molecule is C[C@H]1CCCCCc2cnoc21. The first-order valence-electron chi connectivity index (χ1n) is 4.81. The highest BCUT2D eigenvalue weighted by Crippen LogP contribution is 2.28. The minimum Gasteiger partial charge on any atom is -0.361 e. The molecule has 1 atom stereocenters. The van der Waals surface area contributed by atoms with Gasteiger partial charge in [-0.05, 0) is 19.3 Å². The molecular formula is C10H15NO. The van der Waals surface area contributed by atoms with Crippen molar-refractivity contribution in [3.63, 3.8) is 0 Å². The van der Waals surface area contributed by atoms with Crippen LogP contribution in [-0.2, 0) is 6.42 Å². The lowest BCUT2D eigenvalue weighted by atomic mass is 9.92. The fourth-order valence-corrected chi connectivity index (χ4v) is 1.94. The lowest BCUT2D eigenvalue weighted by Crippen LogP contribution is -2.00. The van der Waals surface area contributed by atoms with Crippen LogP contribution < -0.4 is 0 Å². The van der Waals surface area contributed by atoms with Crippen LogP contribution in [0.5, 0.6) is 0 Å². The number of aromatic nitrogens is 1. The van der Waals surface area contributed by atoms with Crippen molar-refractivity contribution in [3.05, 3.63) is 17.5 Å². The number of fused-ring (bicyclic) bond motifs is 1. The third kappa shape index (κ3) is 1.38. The maximum atomic E-state index is 5.25. The molecule has 1 aromatic heterocycles. The van der Waals surface area contributed by atoms with Gasteiger partial charge in [0.25, 0.3) is 0 Å². The largest absolute Gasteiger partial charge is 0.361 e. The summed E-state index contributed by atoms with van der Waals surface area (Å²) < 4.78 is 5.25. The predicted molar refractivity (Wildman–Crippen MR) is 47.1 cm³/mol. The lowest BCUT2D eigenvalue weighted by molar-refractivity contribution is 0.351. The van der Waals surface area contributed by atoms with Gasteiger partial charge in [0.2, 0.25) is 0 Å². The Morgan fingerprint density at radius 2 is 2.33 bits per heavy atom. The smallest absolute Gasteiger partial charge is 0.142 e. The summed E-state index contributed by atoms with van der Waals surface area (Å²) in [6.07, 6.45) is 8.28. The van der Waals surface area contributed by atoms with Crippen LogP contribution in [-0.4, -0.2) is 5.16 Å². The van der Waals surface area contributed by atoms with Gasteiger partial charge in [0.15, 0.2) is 0 Å². The molecule has 0 bridgehead atoms. The summed E-state index contributed by atoms with van der Waals surface area (Å²) in [6, 6.07) is 0. The van der Waals surface area contributed by atoms with Crippen molar-refractivity contribution >= 4 is 0 Å². The molecule has 0 saturated heterocycles. The molecule has 0 N–H and O–H groups in total. The molecule has 0 saturated carbocycles. The Morgan fingerprint density at radius 1 is 1.42 bits per heavy atom. The fourth-order valence-electron chi connectivity index (χ4n) is 1.94. The van der Waals surface area contributed by atoms with Gasteiger partial charge in [-0.25, -0.2) is 0 Å². The van der Waals surface area contributed by atoms with Gasteiger partial charge in [-0.2, -0.15) is 0 Å². The minimum absolute atomic E-state index is 0.572. The van der Waals surface area contributed by atoms with Crippen LogP contribution in [0.3, 0.4) is 0 Å². The first kappa shape index (κ1) is 7.84. The van der Waals surface area contributed by atoms with Crippen molar-refractivity contribution < 1.29 is 4.52 Å². The summed E-state index contributed by atoms with van der Waals surface area (Å²) in [4.78, 5) is 0. The molecular weight excluding hydrogens is 150 g/mol. The van der Waals surface area contributed by atoms with E-state index in [0.717, 1.165) is 12.2 Å². The molecule has 0 aromatic carbocycles. The first-order valence-corrected chi connectivity index (χ1v) is 4.81. The Morgan fingerprint density at radius 3 is 3.25 bits per heavy atom. The molecule has 66 valence electrons. The van der Waals surface area contributed by atoms with Gasteiger partial charge in [-0.15, -0.1) is 0 Å². The van der Waals surface area contributed by atoms with E-state index < -0.39 is 0 Å². The van der Waals surface area contributed by atoms with E-state index in [4.69, 9.17) is 4.52 Å². The molecule has 2 rings (SSSR count). The van der Waals surface area contributed by atoms with Crippen molar-refractivity contribution in [3.8, 4) is 0 Å². The quantitative estimate of drug-likeness (QED) is 0.590. The number of nitrogens with zero attached hydrogens (tertiary/aromatic N) is 1. The normalized spacial score (nSPS) is 24.2.